The van der Waals surface area contributed by atoms with Gasteiger partial charge in [-0.1, -0.05) is 293 Å². The number of phosphoric acid groups is 2. The number of hydrogen-bond donors (Lipinski definition) is 3. The monoisotopic (exact) mass is 1580 g/mol. The molecule has 0 aliphatic rings. The predicted octanol–water partition coefficient (Wildman–Crippen LogP) is 25.1. The summed E-state index contributed by atoms with van der Waals surface area (Å²) in [7, 11) is -10.0. The fraction of sp³-hybridized carbons (Fsp3) is 0.626. The average molecular weight is 1580 g/mol. The summed E-state index contributed by atoms with van der Waals surface area (Å²) in [6.07, 6.45) is 98.8. The molecule has 0 saturated heterocycles. The van der Waals surface area contributed by atoms with Gasteiger partial charge in [0.05, 0.1) is 26.4 Å². The van der Waals surface area contributed by atoms with E-state index in [0.717, 1.165) is 154 Å². The Morgan fingerprint density at radius 2 is 0.500 bits per heavy atom. The van der Waals surface area contributed by atoms with Crippen LogP contribution in [0.3, 0.4) is 0 Å². The SMILES string of the molecule is CC/C=C\C/C=C\C/C=C\C/C=C\C/C=C\CCCCCC(=O)O[C@H](COC(=O)CC/C=C\C/C=C\C/C=C\C/C=C\C/C=C\CCCCC)COP(=O)(O)OC[C@@H](O)COP(=O)(O)OC[C@@H](COC(=O)CCC/C=C\C/C=C\C/C=C\C/C=C\CCCCC)OC(=O)CCCCCCCCC/C=C\CCCCCC. The van der Waals surface area contributed by atoms with Crippen LogP contribution in [0.5, 0.6) is 0 Å². The van der Waals surface area contributed by atoms with Crippen LogP contribution in [-0.2, 0) is 65.4 Å². The summed E-state index contributed by atoms with van der Waals surface area (Å²) in [6, 6.07) is 0. The molecule has 17 nitrogen and oxygen atoms in total. The third kappa shape index (κ3) is 80.2. The molecule has 2 unspecified atom stereocenters. The third-order valence-corrected chi connectivity index (χ3v) is 18.7. The number of aliphatic hydroxyl groups is 1. The molecule has 3 N–H and O–H groups in total. The molecule has 0 aromatic rings. The van der Waals surface area contributed by atoms with Crippen LogP contribution in [0, 0.1) is 0 Å². The Morgan fingerprint density at radius 3 is 0.845 bits per heavy atom. The number of ether oxygens (including phenoxy) is 4. The lowest BCUT2D eigenvalue weighted by Crippen LogP contribution is -2.30. The highest BCUT2D eigenvalue weighted by molar-refractivity contribution is 7.47. The van der Waals surface area contributed by atoms with Gasteiger partial charge in [-0.25, -0.2) is 9.13 Å². The summed E-state index contributed by atoms with van der Waals surface area (Å²) in [6.45, 7) is 4.50. The molecule has 0 aliphatic carbocycles. The summed E-state index contributed by atoms with van der Waals surface area (Å²) in [5.74, 6) is -2.39. The van der Waals surface area contributed by atoms with E-state index in [9.17, 15) is 43.2 Å². The van der Waals surface area contributed by atoms with Gasteiger partial charge in [0.15, 0.2) is 12.2 Å². The average Bonchev–Trinajstić information content (AvgIpc) is 0.899. The van der Waals surface area contributed by atoms with E-state index in [-0.39, 0.29) is 25.7 Å². The lowest BCUT2D eigenvalue weighted by molar-refractivity contribution is -0.161. The van der Waals surface area contributed by atoms with Crippen molar-refractivity contribution in [2.24, 2.45) is 0 Å². The minimum Gasteiger partial charge on any atom is -0.462 e. The number of aliphatic hydroxyl groups excluding tert-OH is 1. The van der Waals surface area contributed by atoms with Gasteiger partial charge in [-0.2, -0.15) is 0 Å². The highest BCUT2D eigenvalue weighted by Crippen LogP contribution is 2.45. The van der Waals surface area contributed by atoms with Crippen LogP contribution in [0.1, 0.15) is 310 Å². The Morgan fingerprint density at radius 1 is 0.264 bits per heavy atom. The van der Waals surface area contributed by atoms with Crippen LogP contribution in [0.4, 0.5) is 0 Å². The van der Waals surface area contributed by atoms with Gasteiger partial charge < -0.3 is 33.8 Å². The number of esters is 4. The summed E-state index contributed by atoms with van der Waals surface area (Å²) >= 11 is 0. The van der Waals surface area contributed by atoms with Crippen molar-refractivity contribution in [3.8, 4) is 0 Å². The largest absolute Gasteiger partial charge is 0.472 e. The van der Waals surface area contributed by atoms with Crippen molar-refractivity contribution < 1.29 is 80.2 Å². The highest BCUT2D eigenvalue weighted by atomic mass is 31.2. The second-order valence-corrected chi connectivity index (χ2v) is 30.2. The second-order valence-electron chi connectivity index (χ2n) is 27.3. The maximum Gasteiger partial charge on any atom is 0.472 e. The van der Waals surface area contributed by atoms with Crippen molar-refractivity contribution in [1.29, 1.82) is 0 Å². The van der Waals surface area contributed by atoms with Gasteiger partial charge in [0.2, 0.25) is 0 Å². The molecule has 624 valence electrons. The van der Waals surface area contributed by atoms with Gasteiger partial charge in [-0.05, 0) is 173 Å². The topological polar surface area (TPSA) is 237 Å². The molecule has 110 heavy (non-hydrogen) atoms. The van der Waals surface area contributed by atoms with E-state index in [1.54, 1.807) is 0 Å². The molecule has 0 saturated carbocycles. The zero-order chi connectivity index (χ0) is 80.3. The minimum absolute atomic E-state index is 0.0223. The van der Waals surface area contributed by atoms with Gasteiger partial charge in [-0.3, -0.25) is 37.3 Å². The quantitative estimate of drug-likeness (QED) is 0.0169. The molecule has 0 fully saturated rings. The summed E-state index contributed by atoms with van der Waals surface area (Å²) in [4.78, 5) is 73.2. The van der Waals surface area contributed by atoms with Gasteiger partial charge in [-0.15, -0.1) is 0 Å². The number of carbonyl (C=O) groups is 4. The lowest BCUT2D eigenvalue weighted by atomic mass is 10.1. The van der Waals surface area contributed by atoms with E-state index < -0.39 is 97.5 Å². The maximum atomic E-state index is 13.1. The Labute approximate surface area is 666 Å². The zero-order valence-corrected chi connectivity index (χ0v) is 70.1. The molecule has 19 heteroatoms. The molecule has 0 radical (unpaired) electrons. The molecule has 0 spiro atoms. The van der Waals surface area contributed by atoms with Crippen molar-refractivity contribution in [2.75, 3.05) is 39.6 Å². The fourth-order valence-corrected chi connectivity index (χ4v) is 12.0. The van der Waals surface area contributed by atoms with Crippen molar-refractivity contribution in [2.45, 2.75) is 329 Å². The maximum absolute atomic E-state index is 13.1. The van der Waals surface area contributed by atoms with Crippen molar-refractivity contribution in [3.05, 3.63) is 182 Å². The van der Waals surface area contributed by atoms with E-state index in [1.807, 2.05) is 30.4 Å². The third-order valence-electron chi connectivity index (χ3n) is 16.8. The molecule has 0 aliphatic heterocycles. The fourth-order valence-electron chi connectivity index (χ4n) is 10.5. The lowest BCUT2D eigenvalue weighted by Gasteiger charge is -2.21. The number of phosphoric ester groups is 2. The zero-order valence-electron chi connectivity index (χ0n) is 68.4. The first-order chi connectivity index (χ1) is 53.7. The van der Waals surface area contributed by atoms with Crippen LogP contribution in [0.25, 0.3) is 0 Å². The molecular formula is C91H148O17P2. The van der Waals surface area contributed by atoms with Crippen LogP contribution < -0.4 is 0 Å². The van der Waals surface area contributed by atoms with Gasteiger partial charge >= 0.3 is 39.5 Å². The summed E-state index contributed by atoms with van der Waals surface area (Å²) in [5, 5.41) is 10.7. The van der Waals surface area contributed by atoms with Crippen molar-refractivity contribution in [1.82, 2.24) is 0 Å². The summed E-state index contributed by atoms with van der Waals surface area (Å²) in [5.41, 5.74) is 0. The smallest absolute Gasteiger partial charge is 0.462 e. The van der Waals surface area contributed by atoms with Crippen LogP contribution in [0.15, 0.2) is 182 Å². The van der Waals surface area contributed by atoms with E-state index in [1.165, 1.54) is 64.2 Å². The number of allylic oxidation sites excluding steroid dienone is 30. The number of rotatable bonds is 77. The van der Waals surface area contributed by atoms with Crippen LogP contribution >= 0.6 is 15.6 Å². The molecule has 0 heterocycles. The van der Waals surface area contributed by atoms with Gasteiger partial charge in [0.25, 0.3) is 0 Å². The Bertz CT molecular complexity index is 2800. The van der Waals surface area contributed by atoms with Crippen molar-refractivity contribution in [3.63, 3.8) is 0 Å². The molecule has 0 aromatic heterocycles. The first-order valence-electron chi connectivity index (χ1n) is 42.0. The normalized spacial score (nSPS) is 14.7. The second kappa shape index (κ2) is 81.2. The molecular weight excluding hydrogens is 1430 g/mol. The number of unbranched alkanes of at least 4 members (excludes halogenated alkanes) is 21. The molecule has 0 bridgehead atoms. The first-order valence-corrected chi connectivity index (χ1v) is 45.0. The van der Waals surface area contributed by atoms with Gasteiger partial charge in [0.1, 0.15) is 19.3 Å². The Hall–Kier alpha value is -5.84. The summed E-state index contributed by atoms with van der Waals surface area (Å²) < 4.78 is 68.6. The predicted molar refractivity (Wildman–Crippen MR) is 454 cm³/mol. The van der Waals surface area contributed by atoms with E-state index in [0.29, 0.717) is 38.5 Å². The number of hydrogen-bond acceptors (Lipinski definition) is 15. The van der Waals surface area contributed by atoms with Crippen LogP contribution in [0.2, 0.25) is 0 Å². The molecule has 0 rings (SSSR count). The standard InChI is InChI=1S/C91H148O17P2/c1-5-9-13-17-21-25-29-33-37-40-42-45-49-52-56-60-64-68-72-76-89(94)102-82-87(108-91(96)78-74-70-66-62-58-54-50-46-43-41-38-34-30-26-22-18-14-10-6-2)84-106-110(99,100)104-80-85(92)79-103-109(97,98)105-83-86(107-90(95)77-73-69-65-61-57-53-47-36-32-28-24-20-16-12-8-4)81-101-88(93)75-71-67-63-59-55-51-48-44-39-35-31-27-23-19-15-11-7-3/h10,14,21-23,25-28,32-35,37-39,42-43,45-46,48,51-52,54,56,58-59,63-64,68,85-87,92H,5-9,11-13,15-20,24,29-31,36,40-41,44,47,49-50,53,55,57,60-62,65-67,69-84H2,1-4H3,(H,97,98)(H,99,100)/b14-10-,25-21-,26-22-,27-23-,32-28-,37-33-,38-34-,39-35-,45-42-,46-43-,51-48-,56-52-,58-54-,63-59-,68-64-/t85-,86+,87+/m0/s1. The molecule has 0 amide bonds. The Kier molecular flexibility index (Phi) is 76.9. The van der Waals surface area contributed by atoms with Crippen LogP contribution in [-0.4, -0.2) is 96.7 Å². The number of carbonyl (C=O) groups excluding carboxylic acids is 4. The minimum atomic E-state index is -5.02. The van der Waals surface area contributed by atoms with Crippen molar-refractivity contribution >= 4 is 39.5 Å². The Balaban J connectivity index is 5.55. The molecule has 0 aromatic carbocycles. The van der Waals surface area contributed by atoms with E-state index in [2.05, 4.69) is 180 Å². The first kappa shape index (κ1) is 104. The van der Waals surface area contributed by atoms with Gasteiger partial charge in [0, 0.05) is 25.7 Å². The highest BCUT2D eigenvalue weighted by Gasteiger charge is 2.30. The van der Waals surface area contributed by atoms with E-state index in [4.69, 9.17) is 37.0 Å². The molecule has 5 atom stereocenters. The van der Waals surface area contributed by atoms with E-state index >= 15 is 0 Å².